The molecule has 10 heteroatoms. The van der Waals surface area contributed by atoms with Crippen molar-refractivity contribution in [2.45, 2.75) is 264 Å². The number of hydrogen-bond donors (Lipinski definition) is 2. The Morgan fingerprint density at radius 3 is 1.34 bits per heavy atom. The molecule has 2 N–H and O–H groups in total. The van der Waals surface area contributed by atoms with E-state index in [0.29, 0.717) is 23.9 Å². The van der Waals surface area contributed by atoms with Gasteiger partial charge in [0.15, 0.2) is 0 Å². The maximum Gasteiger partial charge on any atom is 0.472 e. The Morgan fingerprint density at radius 2 is 0.877 bits per heavy atom. The zero-order chi connectivity index (χ0) is 53.6. The van der Waals surface area contributed by atoms with E-state index in [1.807, 2.05) is 33.3 Å². The molecule has 0 fully saturated rings. The third-order valence-electron chi connectivity index (χ3n) is 12.8. The number of carbonyl (C=O) groups excluding carboxylic acids is 2. The highest BCUT2D eigenvalue weighted by atomic mass is 31.2. The first-order chi connectivity index (χ1) is 35.4. The van der Waals surface area contributed by atoms with E-state index in [9.17, 15) is 19.0 Å². The highest BCUT2D eigenvalue weighted by Gasteiger charge is 2.30. The molecule has 73 heavy (non-hydrogen) atoms. The second-order valence-electron chi connectivity index (χ2n) is 21.1. The zero-order valence-corrected chi connectivity index (χ0v) is 49.0. The Kier molecular flexibility index (Phi) is 50.6. The molecular weight excluding hydrogens is 928 g/mol. The van der Waals surface area contributed by atoms with E-state index in [1.54, 1.807) is 0 Å². The zero-order valence-electron chi connectivity index (χ0n) is 48.1. The third kappa shape index (κ3) is 53.8. The summed E-state index contributed by atoms with van der Waals surface area (Å²) >= 11 is 0. The van der Waals surface area contributed by atoms with Gasteiger partial charge in [-0.3, -0.25) is 18.6 Å². The Hall–Kier alpha value is -2.81. The summed E-state index contributed by atoms with van der Waals surface area (Å²) in [7, 11) is 1.47. The average Bonchev–Trinajstić information content (AvgIpc) is 3.35. The largest absolute Gasteiger partial charge is 0.472 e. The number of rotatable bonds is 53. The molecule has 0 saturated heterocycles. The van der Waals surface area contributed by atoms with Gasteiger partial charge in [0.25, 0.3) is 0 Å². The summed E-state index contributed by atoms with van der Waals surface area (Å²) in [5.74, 6) is -0.538. The highest BCUT2D eigenvalue weighted by Crippen LogP contribution is 2.43. The molecule has 0 bridgehead atoms. The quantitative estimate of drug-likeness (QED) is 0.0205. The Bertz CT molecular complexity index is 1530. The summed E-state index contributed by atoms with van der Waals surface area (Å²) in [5, 5.41) is 3.04. The first-order valence-corrected chi connectivity index (χ1v) is 31.4. The molecule has 0 rings (SSSR count). The smallest absolute Gasteiger partial charge is 0.456 e. The minimum Gasteiger partial charge on any atom is -0.456 e. The van der Waals surface area contributed by atoms with Gasteiger partial charge in [-0.05, 0) is 102 Å². The first kappa shape index (κ1) is 70.2. The van der Waals surface area contributed by atoms with Crippen molar-refractivity contribution in [3.05, 3.63) is 85.1 Å². The van der Waals surface area contributed by atoms with E-state index in [2.05, 4.69) is 99.0 Å². The Labute approximate surface area is 450 Å². The number of ether oxygens (including phenoxy) is 1. The molecule has 0 aromatic heterocycles. The minimum atomic E-state index is -4.46. The van der Waals surface area contributed by atoms with Crippen LogP contribution < -0.4 is 5.32 Å². The number of nitrogens with one attached hydrogen (secondary N) is 1. The molecule has 0 aliphatic carbocycles. The molecule has 0 saturated carbocycles. The van der Waals surface area contributed by atoms with Gasteiger partial charge in [0, 0.05) is 12.8 Å². The number of quaternary nitrogens is 1. The van der Waals surface area contributed by atoms with Crippen molar-refractivity contribution in [1.29, 1.82) is 0 Å². The highest BCUT2D eigenvalue weighted by molar-refractivity contribution is 7.47. The first-order valence-electron chi connectivity index (χ1n) is 29.9. The van der Waals surface area contributed by atoms with Gasteiger partial charge in [-0.25, -0.2) is 4.57 Å². The number of esters is 1. The van der Waals surface area contributed by atoms with E-state index in [4.69, 9.17) is 13.8 Å². The van der Waals surface area contributed by atoms with Crippen molar-refractivity contribution in [3.63, 3.8) is 0 Å². The maximum absolute atomic E-state index is 13.5. The number of allylic oxidation sites excluding steroid dienone is 13. The number of amides is 1. The lowest BCUT2D eigenvalue weighted by molar-refractivity contribution is -0.870. The van der Waals surface area contributed by atoms with E-state index in [1.165, 1.54) is 96.3 Å². The summed E-state index contributed by atoms with van der Waals surface area (Å²) in [6.07, 6.45) is 68.6. The summed E-state index contributed by atoms with van der Waals surface area (Å²) in [5.41, 5.74) is 0. The van der Waals surface area contributed by atoms with Gasteiger partial charge in [-0.2, -0.15) is 0 Å². The number of nitrogens with zero attached hydrogens (tertiary/aromatic N) is 1. The van der Waals surface area contributed by atoms with Crippen molar-refractivity contribution < 1.29 is 37.3 Å². The van der Waals surface area contributed by atoms with Gasteiger partial charge in [0.1, 0.15) is 19.3 Å². The normalized spacial score (nSPS) is 14.3. The van der Waals surface area contributed by atoms with Crippen molar-refractivity contribution in [3.8, 4) is 0 Å². The number of unbranched alkanes of at least 4 members (excludes halogenated alkanes) is 25. The minimum absolute atomic E-state index is 0.0318. The van der Waals surface area contributed by atoms with Gasteiger partial charge in [0.2, 0.25) is 5.91 Å². The summed E-state index contributed by atoms with van der Waals surface area (Å²) < 4.78 is 30.6. The number of carbonyl (C=O) groups is 2. The van der Waals surface area contributed by atoms with E-state index >= 15 is 0 Å². The van der Waals surface area contributed by atoms with Crippen LogP contribution in [-0.4, -0.2) is 74.3 Å². The Morgan fingerprint density at radius 1 is 0.493 bits per heavy atom. The van der Waals surface area contributed by atoms with E-state index in [0.717, 1.165) is 116 Å². The van der Waals surface area contributed by atoms with Gasteiger partial charge < -0.3 is 19.4 Å². The van der Waals surface area contributed by atoms with Crippen LogP contribution in [0.25, 0.3) is 0 Å². The van der Waals surface area contributed by atoms with Crippen LogP contribution in [0.3, 0.4) is 0 Å². The summed E-state index contributed by atoms with van der Waals surface area (Å²) in [4.78, 5) is 37.6. The second kappa shape index (κ2) is 52.6. The fourth-order valence-electron chi connectivity index (χ4n) is 8.20. The molecule has 3 unspecified atom stereocenters. The number of hydrogen-bond acceptors (Lipinski definition) is 6. The molecule has 0 aromatic carbocycles. The standard InChI is InChI=1S/C63H113N2O7P/c1-7-10-13-16-19-22-25-28-30-31-32-33-34-35-36-38-41-44-47-50-53-56-63(67)72-61(54-51-48-45-42-39-27-24-21-18-15-12-9-3)60(59-71-73(68,69)70-58-57-65(4,5)6)64-62(66)55-52-49-46-43-40-37-29-26-23-20-17-14-11-8-2/h11,14,19-20,22-23,28,30,32-33,35-36,51,54,60-61H,7-10,12-13,15-18,21,24-27,29,31,34,37-50,52-53,55-59H2,1-6H3,(H-,64,66,68,69)/p+1/b14-11+,22-19-,23-20+,30-28-,33-32-,36-35-,54-51-. The molecule has 0 radical (unpaired) electrons. The lowest BCUT2D eigenvalue weighted by Gasteiger charge is -2.27. The molecule has 9 nitrogen and oxygen atoms in total. The lowest BCUT2D eigenvalue weighted by atomic mass is 10.0. The number of likely N-dealkylation sites (N-methyl/N-ethyl adjacent to an activating group) is 1. The van der Waals surface area contributed by atoms with Crippen LogP contribution in [0.15, 0.2) is 85.1 Å². The van der Waals surface area contributed by atoms with Crippen molar-refractivity contribution >= 4 is 19.7 Å². The maximum atomic E-state index is 13.5. The summed E-state index contributed by atoms with van der Waals surface area (Å²) in [6, 6.07) is -0.864. The summed E-state index contributed by atoms with van der Waals surface area (Å²) in [6.45, 7) is 6.85. The molecule has 0 spiro atoms. The van der Waals surface area contributed by atoms with Gasteiger partial charge >= 0.3 is 13.8 Å². The predicted molar refractivity (Wildman–Crippen MR) is 314 cm³/mol. The SMILES string of the molecule is CC/C=C/C/C=C/CCCCCCCCCC(=O)NC(COP(=O)(O)OCC[N+](C)(C)C)C(/C=C\CCCCCCCCCCCC)OC(=O)CCCCCCC/C=C\C/C=C\C/C=C\C/C=C\CCCCC. The molecule has 0 heterocycles. The van der Waals surface area contributed by atoms with Crippen LogP contribution in [0.1, 0.15) is 252 Å². The van der Waals surface area contributed by atoms with Crippen LogP contribution in [0, 0.1) is 0 Å². The molecule has 0 aliphatic heterocycles. The van der Waals surface area contributed by atoms with Crippen LogP contribution in [-0.2, 0) is 27.9 Å². The van der Waals surface area contributed by atoms with Crippen LogP contribution in [0.5, 0.6) is 0 Å². The molecule has 3 atom stereocenters. The topological polar surface area (TPSA) is 111 Å². The van der Waals surface area contributed by atoms with Crippen LogP contribution in [0.2, 0.25) is 0 Å². The molecule has 0 aromatic rings. The Balaban J connectivity index is 5.32. The lowest BCUT2D eigenvalue weighted by Crippen LogP contribution is -2.47. The van der Waals surface area contributed by atoms with Gasteiger partial charge in [0.05, 0.1) is 33.8 Å². The second-order valence-corrected chi connectivity index (χ2v) is 22.6. The number of phosphoric acid groups is 1. The van der Waals surface area contributed by atoms with Gasteiger partial charge in [-0.1, -0.05) is 222 Å². The van der Waals surface area contributed by atoms with Crippen LogP contribution >= 0.6 is 7.82 Å². The molecule has 1 amide bonds. The molecular formula is C63H114N2O7P+. The average molecular weight is 1040 g/mol. The van der Waals surface area contributed by atoms with Crippen LogP contribution in [0.4, 0.5) is 0 Å². The van der Waals surface area contributed by atoms with Crippen molar-refractivity contribution in [2.75, 3.05) is 40.9 Å². The van der Waals surface area contributed by atoms with E-state index < -0.39 is 20.0 Å². The molecule has 0 aliphatic rings. The van der Waals surface area contributed by atoms with Crippen molar-refractivity contribution in [1.82, 2.24) is 5.32 Å². The van der Waals surface area contributed by atoms with Crippen molar-refractivity contribution in [2.24, 2.45) is 0 Å². The third-order valence-corrected chi connectivity index (χ3v) is 13.8. The monoisotopic (exact) mass is 1040 g/mol. The molecule has 422 valence electrons. The van der Waals surface area contributed by atoms with Gasteiger partial charge in [-0.15, -0.1) is 0 Å². The fraction of sp³-hybridized carbons (Fsp3) is 0.746. The fourth-order valence-corrected chi connectivity index (χ4v) is 8.93. The predicted octanol–water partition coefficient (Wildman–Crippen LogP) is 18.2. The number of phosphoric ester groups is 1. The van der Waals surface area contributed by atoms with E-state index in [-0.39, 0.29) is 31.5 Å².